The fourth-order valence-electron chi connectivity index (χ4n) is 1.72. The van der Waals surface area contributed by atoms with Crippen LogP contribution in [0.1, 0.15) is 34.1 Å². The van der Waals surface area contributed by atoms with E-state index in [2.05, 4.69) is 0 Å². The van der Waals surface area contributed by atoms with Gasteiger partial charge in [-0.3, -0.25) is 0 Å². The van der Waals surface area contributed by atoms with E-state index in [9.17, 15) is 4.79 Å². The van der Waals surface area contributed by atoms with Gasteiger partial charge in [0.1, 0.15) is 5.60 Å². The standard InChI is InChI=1S/C12H23N3O2/c1-8(13)9-7-15(6-5-10(9)14)11(16)17-12(2,3)4/h8H,5-7,13-14H2,1-4H3. The van der Waals surface area contributed by atoms with Crippen molar-refractivity contribution in [2.24, 2.45) is 11.5 Å². The van der Waals surface area contributed by atoms with E-state index in [1.807, 2.05) is 27.7 Å². The molecule has 0 radical (unpaired) electrons. The van der Waals surface area contributed by atoms with Crippen molar-refractivity contribution in [3.8, 4) is 0 Å². The number of carbonyl (C=O) groups is 1. The largest absolute Gasteiger partial charge is 0.444 e. The van der Waals surface area contributed by atoms with Gasteiger partial charge in [0.15, 0.2) is 0 Å². The Balaban J connectivity index is 2.69. The summed E-state index contributed by atoms with van der Waals surface area (Å²) in [6, 6.07) is -0.125. The number of nitrogens with two attached hydrogens (primary N) is 2. The summed E-state index contributed by atoms with van der Waals surface area (Å²) in [5.74, 6) is 0. The molecule has 1 aliphatic rings. The number of amides is 1. The van der Waals surface area contributed by atoms with Crippen LogP contribution >= 0.6 is 0 Å². The Morgan fingerprint density at radius 2 is 2.06 bits per heavy atom. The van der Waals surface area contributed by atoms with Gasteiger partial charge in [-0.05, 0) is 33.3 Å². The molecule has 4 N–H and O–H groups in total. The van der Waals surface area contributed by atoms with E-state index in [1.54, 1.807) is 4.90 Å². The minimum atomic E-state index is -0.474. The van der Waals surface area contributed by atoms with Crippen LogP contribution in [0.5, 0.6) is 0 Å². The minimum absolute atomic E-state index is 0.125. The third kappa shape index (κ3) is 3.93. The highest BCUT2D eigenvalue weighted by molar-refractivity contribution is 5.69. The summed E-state index contributed by atoms with van der Waals surface area (Å²) in [6.45, 7) is 8.50. The zero-order chi connectivity index (χ0) is 13.2. The molecule has 0 spiro atoms. The number of ether oxygens (including phenoxy) is 1. The summed E-state index contributed by atoms with van der Waals surface area (Å²) in [6.07, 6.45) is 0.360. The van der Waals surface area contributed by atoms with E-state index < -0.39 is 5.60 Å². The second kappa shape index (κ2) is 4.96. The molecular formula is C12H23N3O2. The third-order valence-corrected chi connectivity index (χ3v) is 2.63. The summed E-state index contributed by atoms with van der Waals surface area (Å²) in [5, 5.41) is 0. The molecule has 5 nitrogen and oxygen atoms in total. The average molecular weight is 241 g/mol. The van der Waals surface area contributed by atoms with Gasteiger partial charge in [-0.1, -0.05) is 0 Å². The highest BCUT2D eigenvalue weighted by Gasteiger charge is 2.27. The molecule has 17 heavy (non-hydrogen) atoms. The molecule has 0 bridgehead atoms. The van der Waals surface area contributed by atoms with E-state index in [0.29, 0.717) is 19.5 Å². The smallest absolute Gasteiger partial charge is 0.410 e. The zero-order valence-electron chi connectivity index (χ0n) is 11.1. The molecule has 1 atom stereocenters. The molecule has 0 saturated carbocycles. The van der Waals surface area contributed by atoms with Gasteiger partial charge in [-0.2, -0.15) is 0 Å². The maximum absolute atomic E-state index is 11.9. The molecule has 0 aliphatic carbocycles. The van der Waals surface area contributed by atoms with Crippen molar-refractivity contribution in [1.82, 2.24) is 4.90 Å². The van der Waals surface area contributed by atoms with Crippen LogP contribution in [0.3, 0.4) is 0 Å². The van der Waals surface area contributed by atoms with Crippen molar-refractivity contribution in [3.63, 3.8) is 0 Å². The molecule has 1 rings (SSSR count). The molecule has 0 saturated heterocycles. The first-order valence-electron chi connectivity index (χ1n) is 5.91. The number of nitrogens with zero attached hydrogens (tertiary/aromatic N) is 1. The van der Waals surface area contributed by atoms with E-state index in [4.69, 9.17) is 16.2 Å². The molecule has 98 valence electrons. The fraction of sp³-hybridized carbons (Fsp3) is 0.750. The first-order chi connectivity index (χ1) is 7.70. The average Bonchev–Trinajstić information content (AvgIpc) is 2.14. The van der Waals surface area contributed by atoms with Crippen molar-refractivity contribution < 1.29 is 9.53 Å². The first kappa shape index (κ1) is 13.8. The first-order valence-corrected chi connectivity index (χ1v) is 5.91. The van der Waals surface area contributed by atoms with Gasteiger partial charge in [0.05, 0.1) is 0 Å². The van der Waals surface area contributed by atoms with Gasteiger partial charge in [0, 0.05) is 31.2 Å². The van der Waals surface area contributed by atoms with Crippen molar-refractivity contribution in [2.45, 2.75) is 45.8 Å². The minimum Gasteiger partial charge on any atom is -0.444 e. The van der Waals surface area contributed by atoms with E-state index in [-0.39, 0.29) is 12.1 Å². The Bertz CT molecular complexity index is 329. The van der Waals surface area contributed by atoms with E-state index in [0.717, 1.165) is 11.3 Å². The molecule has 1 heterocycles. The van der Waals surface area contributed by atoms with E-state index in [1.165, 1.54) is 0 Å². The lowest BCUT2D eigenvalue weighted by Gasteiger charge is -2.32. The summed E-state index contributed by atoms with van der Waals surface area (Å²) in [4.78, 5) is 13.5. The second-order valence-electron chi connectivity index (χ2n) is 5.49. The number of hydrogen-bond donors (Lipinski definition) is 2. The van der Waals surface area contributed by atoms with Gasteiger partial charge in [-0.15, -0.1) is 0 Å². The molecule has 0 aromatic heterocycles. The van der Waals surface area contributed by atoms with Crippen molar-refractivity contribution in [3.05, 3.63) is 11.3 Å². The van der Waals surface area contributed by atoms with Crippen LogP contribution in [0.25, 0.3) is 0 Å². The Labute approximate surface area is 103 Å². The van der Waals surface area contributed by atoms with Crippen LogP contribution in [-0.4, -0.2) is 35.7 Å². The quantitative estimate of drug-likeness (QED) is 0.722. The van der Waals surface area contributed by atoms with Crippen LogP contribution in [0.15, 0.2) is 11.3 Å². The summed E-state index contributed by atoms with van der Waals surface area (Å²) in [5.41, 5.74) is 13.0. The Hall–Kier alpha value is -1.23. The molecule has 1 unspecified atom stereocenters. The molecule has 1 aliphatic heterocycles. The number of rotatable bonds is 1. The molecule has 0 aromatic rings. The Kier molecular flexibility index (Phi) is 4.03. The Morgan fingerprint density at radius 3 is 2.53 bits per heavy atom. The molecule has 0 fully saturated rings. The lowest BCUT2D eigenvalue weighted by Crippen LogP contribution is -2.44. The Morgan fingerprint density at radius 1 is 1.47 bits per heavy atom. The topological polar surface area (TPSA) is 81.6 Å². The normalized spacial score (nSPS) is 19.2. The lowest BCUT2D eigenvalue weighted by molar-refractivity contribution is 0.0257. The number of hydrogen-bond acceptors (Lipinski definition) is 4. The third-order valence-electron chi connectivity index (χ3n) is 2.63. The SMILES string of the molecule is CC(N)C1=C(N)CCN(C(=O)OC(C)(C)C)C1. The molecule has 0 aromatic carbocycles. The van der Waals surface area contributed by atoms with Gasteiger partial charge >= 0.3 is 6.09 Å². The van der Waals surface area contributed by atoms with Crippen molar-refractivity contribution in [2.75, 3.05) is 13.1 Å². The number of carbonyl (C=O) groups excluding carboxylic acids is 1. The molecular weight excluding hydrogens is 218 g/mol. The highest BCUT2D eigenvalue weighted by atomic mass is 16.6. The predicted molar refractivity (Wildman–Crippen MR) is 67.3 cm³/mol. The lowest BCUT2D eigenvalue weighted by atomic mass is 10.0. The molecule has 1 amide bonds. The zero-order valence-corrected chi connectivity index (χ0v) is 11.1. The fourth-order valence-corrected chi connectivity index (χ4v) is 1.72. The van der Waals surface area contributed by atoms with Gasteiger partial charge < -0.3 is 21.1 Å². The predicted octanol–water partition coefficient (Wildman–Crippen LogP) is 1.19. The second-order valence-corrected chi connectivity index (χ2v) is 5.49. The summed E-state index contributed by atoms with van der Waals surface area (Å²) >= 11 is 0. The highest BCUT2D eigenvalue weighted by Crippen LogP contribution is 2.19. The maximum Gasteiger partial charge on any atom is 0.410 e. The van der Waals surface area contributed by atoms with Crippen LogP contribution in [0.2, 0.25) is 0 Å². The van der Waals surface area contributed by atoms with Gasteiger partial charge in [0.25, 0.3) is 0 Å². The van der Waals surface area contributed by atoms with E-state index >= 15 is 0 Å². The summed E-state index contributed by atoms with van der Waals surface area (Å²) in [7, 11) is 0. The van der Waals surface area contributed by atoms with Crippen molar-refractivity contribution in [1.29, 1.82) is 0 Å². The summed E-state index contributed by atoms with van der Waals surface area (Å²) < 4.78 is 5.32. The monoisotopic (exact) mass is 241 g/mol. The van der Waals surface area contributed by atoms with Crippen LogP contribution < -0.4 is 11.5 Å². The molecule has 5 heteroatoms. The van der Waals surface area contributed by atoms with Gasteiger partial charge in [-0.25, -0.2) is 4.79 Å². The van der Waals surface area contributed by atoms with Crippen molar-refractivity contribution >= 4 is 6.09 Å². The van der Waals surface area contributed by atoms with Crippen LogP contribution in [0.4, 0.5) is 4.79 Å². The van der Waals surface area contributed by atoms with Crippen LogP contribution in [-0.2, 0) is 4.74 Å². The van der Waals surface area contributed by atoms with Crippen LogP contribution in [0, 0.1) is 0 Å². The van der Waals surface area contributed by atoms with Gasteiger partial charge in [0.2, 0.25) is 0 Å². The maximum atomic E-state index is 11.9.